The van der Waals surface area contributed by atoms with Crippen molar-refractivity contribution in [1.29, 1.82) is 0 Å². The molecule has 13 heavy (non-hydrogen) atoms. The van der Waals surface area contributed by atoms with E-state index in [1.807, 2.05) is 6.07 Å². The van der Waals surface area contributed by atoms with Crippen molar-refractivity contribution in [2.24, 2.45) is 0 Å². The van der Waals surface area contributed by atoms with Crippen molar-refractivity contribution < 1.29 is 9.47 Å². The van der Waals surface area contributed by atoms with Crippen LogP contribution in [-0.2, 0) is 0 Å². The Morgan fingerprint density at radius 3 is 2.23 bits per heavy atom. The first-order valence-electron chi connectivity index (χ1n) is 4.41. The summed E-state index contributed by atoms with van der Waals surface area (Å²) >= 11 is 0. The lowest BCUT2D eigenvalue weighted by atomic mass is 10.1. The monoisotopic (exact) mass is 196 g/mol. The lowest BCUT2D eigenvalue weighted by Crippen LogP contribution is -1.95. The van der Waals surface area contributed by atoms with E-state index in [1.165, 1.54) is 5.56 Å². The molecule has 72 valence electrons. The van der Waals surface area contributed by atoms with Crippen molar-refractivity contribution >= 4 is 10.2 Å². The zero-order valence-electron chi connectivity index (χ0n) is 8.63. The fraction of sp³-hybridized carbons (Fsp3) is 0.400. The van der Waals surface area contributed by atoms with Crippen molar-refractivity contribution in [3.05, 3.63) is 23.8 Å². The van der Waals surface area contributed by atoms with Gasteiger partial charge in [-0.1, -0.05) is 13.0 Å². The van der Waals surface area contributed by atoms with Gasteiger partial charge in [0, 0.05) is 10.2 Å². The first-order valence-corrected chi connectivity index (χ1v) is 5.56. The average Bonchev–Trinajstić information content (AvgIpc) is 2.16. The molecular weight excluding hydrogens is 180 g/mol. The highest BCUT2D eigenvalue weighted by molar-refractivity contribution is 6.12. The molecule has 0 saturated heterocycles. The quantitative estimate of drug-likeness (QED) is 0.675. The number of hydrogen-bond donors (Lipinski definition) is 0. The van der Waals surface area contributed by atoms with Crippen molar-refractivity contribution in [2.45, 2.75) is 12.5 Å². The molecule has 0 N–H and O–H groups in total. The van der Waals surface area contributed by atoms with Crippen molar-refractivity contribution in [3.8, 4) is 11.5 Å². The van der Waals surface area contributed by atoms with Crippen LogP contribution in [0, 0.1) is 0 Å². The molecule has 1 aromatic carbocycles. The van der Waals surface area contributed by atoms with E-state index in [-0.39, 0.29) is 0 Å². The smallest absolute Gasteiger partial charge is 0.160 e. The zero-order valence-corrected chi connectivity index (χ0v) is 10.6. The van der Waals surface area contributed by atoms with Crippen LogP contribution in [-0.4, -0.2) is 24.5 Å². The summed E-state index contributed by atoms with van der Waals surface area (Å²) in [6.45, 7) is 2.22. The summed E-state index contributed by atoms with van der Waals surface area (Å²) in [4.78, 5) is 0. The Labute approximate surface area is 82.3 Å². The molecule has 2 nitrogen and oxygen atoms in total. The molecule has 0 aliphatic heterocycles. The average molecular weight is 196 g/mol. The van der Waals surface area contributed by atoms with Gasteiger partial charge in [-0.15, -0.1) is 0 Å². The molecule has 1 aromatic rings. The van der Waals surface area contributed by atoms with E-state index in [9.17, 15) is 0 Å². The molecule has 0 heterocycles. The molecule has 0 aliphatic carbocycles. The van der Waals surface area contributed by atoms with Gasteiger partial charge in [0.25, 0.3) is 0 Å². The van der Waals surface area contributed by atoms with Gasteiger partial charge in [-0.3, -0.25) is 0 Å². The summed E-state index contributed by atoms with van der Waals surface area (Å²) in [5.41, 5.74) is 1.98. The van der Waals surface area contributed by atoms with E-state index < -0.39 is 0 Å². The summed E-state index contributed by atoms with van der Waals surface area (Å²) in [6.07, 6.45) is 0. The van der Waals surface area contributed by atoms with Gasteiger partial charge in [0.2, 0.25) is 0 Å². The number of benzene rings is 1. The SMILES string of the molecule is COc1ccc(C(C)[SiH3])cc1OC. The maximum Gasteiger partial charge on any atom is 0.160 e. The molecule has 0 bridgehead atoms. The van der Waals surface area contributed by atoms with Gasteiger partial charge in [0.05, 0.1) is 14.2 Å². The normalized spacial score (nSPS) is 12.5. The number of hydrogen-bond acceptors (Lipinski definition) is 2. The molecule has 0 radical (unpaired) electrons. The molecule has 1 unspecified atom stereocenters. The summed E-state index contributed by atoms with van der Waals surface area (Å²) in [6, 6.07) is 6.11. The largest absolute Gasteiger partial charge is 0.493 e. The molecular formula is C10H16O2Si. The van der Waals surface area contributed by atoms with Crippen LogP contribution in [0.5, 0.6) is 11.5 Å². The molecule has 0 amide bonds. The second kappa shape index (κ2) is 4.32. The van der Waals surface area contributed by atoms with Crippen LogP contribution < -0.4 is 9.47 Å². The minimum absolute atomic E-state index is 0.653. The molecule has 1 rings (SSSR count). The molecule has 0 fully saturated rings. The van der Waals surface area contributed by atoms with Crippen LogP contribution in [0.2, 0.25) is 0 Å². The Morgan fingerprint density at radius 1 is 1.15 bits per heavy atom. The fourth-order valence-electron chi connectivity index (χ4n) is 1.21. The van der Waals surface area contributed by atoms with Crippen LogP contribution in [0.15, 0.2) is 18.2 Å². The highest BCUT2D eigenvalue weighted by Crippen LogP contribution is 2.29. The lowest BCUT2D eigenvalue weighted by molar-refractivity contribution is 0.354. The summed E-state index contributed by atoms with van der Waals surface area (Å²) in [5.74, 6) is 1.62. The highest BCUT2D eigenvalue weighted by Gasteiger charge is 2.06. The molecule has 0 aromatic heterocycles. The lowest BCUT2D eigenvalue weighted by Gasteiger charge is -2.11. The number of rotatable bonds is 3. The van der Waals surface area contributed by atoms with E-state index in [1.54, 1.807) is 14.2 Å². The van der Waals surface area contributed by atoms with Crippen LogP contribution >= 0.6 is 0 Å². The van der Waals surface area contributed by atoms with Gasteiger partial charge >= 0.3 is 0 Å². The predicted molar refractivity (Wildman–Crippen MR) is 57.9 cm³/mol. The summed E-state index contributed by atoms with van der Waals surface area (Å²) in [7, 11) is 4.48. The molecule has 1 atom stereocenters. The fourth-order valence-corrected chi connectivity index (χ4v) is 1.57. The van der Waals surface area contributed by atoms with E-state index in [0.29, 0.717) is 5.54 Å². The number of methoxy groups -OCH3 is 2. The third-order valence-electron chi connectivity index (χ3n) is 2.07. The van der Waals surface area contributed by atoms with E-state index >= 15 is 0 Å². The topological polar surface area (TPSA) is 18.5 Å². The second-order valence-corrected chi connectivity index (χ2v) is 5.00. The third-order valence-corrected chi connectivity index (χ3v) is 2.74. The second-order valence-electron chi connectivity index (χ2n) is 3.27. The summed E-state index contributed by atoms with van der Waals surface area (Å²) < 4.78 is 10.4. The van der Waals surface area contributed by atoms with E-state index in [0.717, 1.165) is 21.7 Å². The Bertz CT molecular complexity index is 284. The van der Waals surface area contributed by atoms with E-state index in [4.69, 9.17) is 9.47 Å². The van der Waals surface area contributed by atoms with Crippen LogP contribution in [0.1, 0.15) is 18.0 Å². The number of ether oxygens (including phenoxy) is 2. The highest BCUT2D eigenvalue weighted by atomic mass is 28.1. The van der Waals surface area contributed by atoms with Crippen LogP contribution in [0.25, 0.3) is 0 Å². The van der Waals surface area contributed by atoms with Crippen LogP contribution in [0.4, 0.5) is 0 Å². The van der Waals surface area contributed by atoms with Gasteiger partial charge < -0.3 is 9.47 Å². The van der Waals surface area contributed by atoms with Gasteiger partial charge in [-0.25, -0.2) is 0 Å². The van der Waals surface area contributed by atoms with Crippen molar-refractivity contribution in [3.63, 3.8) is 0 Å². The molecule has 0 spiro atoms. The van der Waals surface area contributed by atoms with Crippen molar-refractivity contribution in [1.82, 2.24) is 0 Å². The van der Waals surface area contributed by atoms with E-state index in [2.05, 4.69) is 19.1 Å². The Balaban J connectivity index is 3.05. The first kappa shape index (κ1) is 10.1. The van der Waals surface area contributed by atoms with Gasteiger partial charge in [-0.05, 0) is 23.2 Å². The predicted octanol–water partition coefficient (Wildman–Crippen LogP) is 1.13. The molecule has 3 heteroatoms. The maximum absolute atomic E-state index is 5.22. The van der Waals surface area contributed by atoms with Gasteiger partial charge in [0.15, 0.2) is 11.5 Å². The molecule has 0 saturated carbocycles. The minimum Gasteiger partial charge on any atom is -0.493 e. The van der Waals surface area contributed by atoms with Gasteiger partial charge in [0.1, 0.15) is 0 Å². The Hall–Kier alpha value is -0.963. The maximum atomic E-state index is 5.22. The Morgan fingerprint density at radius 2 is 1.77 bits per heavy atom. The third kappa shape index (κ3) is 2.25. The van der Waals surface area contributed by atoms with Gasteiger partial charge in [-0.2, -0.15) is 0 Å². The minimum atomic E-state index is 0.653. The zero-order chi connectivity index (χ0) is 9.84. The Kier molecular flexibility index (Phi) is 3.37. The standard InChI is InChI=1S/C10H16O2Si/c1-7(13)8-4-5-9(11-2)10(6-8)12-3/h4-7H,1-3,13H3. The summed E-state index contributed by atoms with van der Waals surface area (Å²) in [5, 5.41) is 0. The van der Waals surface area contributed by atoms with Crippen molar-refractivity contribution in [2.75, 3.05) is 14.2 Å². The molecule has 0 aliphatic rings. The van der Waals surface area contributed by atoms with Crippen LogP contribution in [0.3, 0.4) is 0 Å². The first-order chi connectivity index (χ1) is 6.19.